The van der Waals surface area contributed by atoms with Gasteiger partial charge >= 0.3 is 0 Å². The van der Waals surface area contributed by atoms with Crippen LogP contribution < -0.4 is 10.1 Å². The van der Waals surface area contributed by atoms with Gasteiger partial charge in [0.05, 0.1) is 18.9 Å². The van der Waals surface area contributed by atoms with Crippen molar-refractivity contribution in [2.24, 2.45) is 0 Å². The number of hydrogen-bond acceptors (Lipinski definition) is 3. The Morgan fingerprint density at radius 2 is 2.58 bits per heavy atom. The quantitative estimate of drug-likeness (QED) is 0.728. The lowest BCUT2D eigenvalue weighted by molar-refractivity contribution is 0.297. The maximum Gasteiger partial charge on any atom is 0.288 e. The van der Waals surface area contributed by atoms with Crippen LogP contribution in [0.15, 0.2) is 16.7 Å². The Kier molecular flexibility index (Phi) is 2.04. The molecular weight excluding hydrogens is 154 g/mol. The molecule has 1 fully saturated rings. The van der Waals surface area contributed by atoms with Gasteiger partial charge in [0.15, 0.2) is 0 Å². The van der Waals surface area contributed by atoms with Gasteiger partial charge in [-0.05, 0) is 25.5 Å². The molecule has 12 heavy (non-hydrogen) atoms. The van der Waals surface area contributed by atoms with E-state index in [4.69, 9.17) is 9.15 Å². The molecule has 0 amide bonds. The molecule has 0 spiro atoms. The molecule has 1 aliphatic rings. The summed E-state index contributed by atoms with van der Waals surface area (Å²) in [6.07, 6.45) is 4.09. The first-order valence-electron chi connectivity index (χ1n) is 4.26. The minimum Gasteiger partial charge on any atom is -0.468 e. The van der Waals surface area contributed by atoms with Gasteiger partial charge < -0.3 is 14.5 Å². The molecule has 3 nitrogen and oxygen atoms in total. The van der Waals surface area contributed by atoms with E-state index in [1.807, 2.05) is 6.07 Å². The van der Waals surface area contributed by atoms with E-state index in [0.29, 0.717) is 12.0 Å². The maximum absolute atomic E-state index is 5.16. The zero-order chi connectivity index (χ0) is 8.39. The van der Waals surface area contributed by atoms with E-state index in [-0.39, 0.29) is 0 Å². The van der Waals surface area contributed by atoms with Crippen molar-refractivity contribution < 1.29 is 9.15 Å². The van der Waals surface area contributed by atoms with Crippen LogP contribution in [0, 0.1) is 0 Å². The topological polar surface area (TPSA) is 34.4 Å². The molecule has 1 unspecified atom stereocenters. The molecule has 0 radical (unpaired) electrons. The molecule has 66 valence electrons. The lowest BCUT2D eigenvalue weighted by Crippen LogP contribution is -2.12. The van der Waals surface area contributed by atoms with Crippen molar-refractivity contribution in [3.05, 3.63) is 17.9 Å². The van der Waals surface area contributed by atoms with Crippen LogP contribution >= 0.6 is 0 Å². The first-order valence-corrected chi connectivity index (χ1v) is 4.26. The fourth-order valence-corrected chi connectivity index (χ4v) is 1.68. The number of rotatable bonds is 2. The summed E-state index contributed by atoms with van der Waals surface area (Å²) in [5, 5.41) is 3.39. The second kappa shape index (κ2) is 3.19. The average molecular weight is 167 g/mol. The summed E-state index contributed by atoms with van der Waals surface area (Å²) in [6.45, 7) is 1.10. The van der Waals surface area contributed by atoms with Gasteiger partial charge in [0.2, 0.25) is 0 Å². The lowest BCUT2D eigenvalue weighted by Gasteiger charge is -2.08. The summed E-state index contributed by atoms with van der Waals surface area (Å²) < 4.78 is 10.3. The van der Waals surface area contributed by atoms with Crippen LogP contribution in [0.5, 0.6) is 5.95 Å². The SMILES string of the molecule is COc1occc1C1CCCN1. The normalized spacial score (nSPS) is 22.9. The van der Waals surface area contributed by atoms with Crippen LogP contribution in [0.1, 0.15) is 24.4 Å². The summed E-state index contributed by atoms with van der Waals surface area (Å²) in [4.78, 5) is 0. The van der Waals surface area contributed by atoms with Crippen LogP contribution in [-0.2, 0) is 0 Å². The molecule has 2 heterocycles. The summed E-state index contributed by atoms with van der Waals surface area (Å²) >= 11 is 0. The van der Waals surface area contributed by atoms with E-state index in [2.05, 4.69) is 5.32 Å². The first-order chi connectivity index (χ1) is 5.92. The van der Waals surface area contributed by atoms with Crippen molar-refractivity contribution in [1.82, 2.24) is 5.32 Å². The Morgan fingerprint density at radius 1 is 1.67 bits per heavy atom. The molecule has 1 saturated heterocycles. The minimum absolute atomic E-state index is 0.429. The number of methoxy groups -OCH3 is 1. The molecule has 1 atom stereocenters. The first kappa shape index (κ1) is 7.68. The van der Waals surface area contributed by atoms with Crippen molar-refractivity contribution in [1.29, 1.82) is 0 Å². The van der Waals surface area contributed by atoms with Gasteiger partial charge in [0, 0.05) is 6.04 Å². The molecule has 1 aliphatic heterocycles. The number of hydrogen-bond donors (Lipinski definition) is 1. The molecule has 1 aromatic heterocycles. The van der Waals surface area contributed by atoms with E-state index < -0.39 is 0 Å². The summed E-state index contributed by atoms with van der Waals surface area (Å²) in [5.74, 6) is 0.648. The second-order valence-electron chi connectivity index (χ2n) is 3.02. The van der Waals surface area contributed by atoms with Crippen LogP contribution in [0.25, 0.3) is 0 Å². The zero-order valence-electron chi connectivity index (χ0n) is 7.17. The van der Waals surface area contributed by atoms with E-state index in [0.717, 1.165) is 12.1 Å². The van der Waals surface area contributed by atoms with Crippen LogP contribution in [0.4, 0.5) is 0 Å². The largest absolute Gasteiger partial charge is 0.468 e. The highest BCUT2D eigenvalue weighted by molar-refractivity contribution is 5.27. The van der Waals surface area contributed by atoms with E-state index >= 15 is 0 Å². The van der Waals surface area contributed by atoms with Crippen molar-refractivity contribution in [2.45, 2.75) is 18.9 Å². The highest BCUT2D eigenvalue weighted by Crippen LogP contribution is 2.31. The number of furan rings is 1. The summed E-state index contributed by atoms with van der Waals surface area (Å²) in [6, 6.07) is 2.40. The lowest BCUT2D eigenvalue weighted by atomic mass is 10.1. The Hall–Kier alpha value is -0.960. The Labute approximate surface area is 71.7 Å². The molecule has 1 N–H and O–H groups in total. The van der Waals surface area contributed by atoms with Gasteiger partial charge in [-0.2, -0.15) is 0 Å². The number of ether oxygens (including phenoxy) is 1. The van der Waals surface area contributed by atoms with Crippen molar-refractivity contribution >= 4 is 0 Å². The fourth-order valence-electron chi connectivity index (χ4n) is 1.68. The molecule has 2 rings (SSSR count). The van der Waals surface area contributed by atoms with Gasteiger partial charge in [0.25, 0.3) is 5.95 Å². The highest BCUT2D eigenvalue weighted by atomic mass is 16.6. The van der Waals surface area contributed by atoms with Gasteiger partial charge in [-0.25, -0.2) is 0 Å². The third kappa shape index (κ3) is 1.20. The summed E-state index contributed by atoms with van der Waals surface area (Å²) in [5.41, 5.74) is 1.15. The molecule has 0 aliphatic carbocycles. The highest BCUT2D eigenvalue weighted by Gasteiger charge is 2.21. The van der Waals surface area contributed by atoms with E-state index in [1.165, 1.54) is 12.8 Å². The van der Waals surface area contributed by atoms with E-state index in [9.17, 15) is 0 Å². The Bertz CT molecular complexity index is 251. The monoisotopic (exact) mass is 167 g/mol. The summed E-state index contributed by atoms with van der Waals surface area (Å²) in [7, 11) is 1.64. The van der Waals surface area contributed by atoms with Gasteiger partial charge in [-0.3, -0.25) is 0 Å². The van der Waals surface area contributed by atoms with Crippen molar-refractivity contribution in [2.75, 3.05) is 13.7 Å². The average Bonchev–Trinajstić information content (AvgIpc) is 2.74. The Morgan fingerprint density at radius 3 is 3.25 bits per heavy atom. The maximum atomic E-state index is 5.16. The number of nitrogens with one attached hydrogen (secondary N) is 1. The smallest absolute Gasteiger partial charge is 0.288 e. The van der Waals surface area contributed by atoms with Crippen LogP contribution in [0.2, 0.25) is 0 Å². The second-order valence-corrected chi connectivity index (χ2v) is 3.02. The van der Waals surface area contributed by atoms with Gasteiger partial charge in [-0.1, -0.05) is 0 Å². The van der Waals surface area contributed by atoms with Crippen LogP contribution in [-0.4, -0.2) is 13.7 Å². The Balaban J connectivity index is 2.19. The van der Waals surface area contributed by atoms with Gasteiger partial charge in [-0.15, -0.1) is 0 Å². The predicted octanol–water partition coefficient (Wildman–Crippen LogP) is 1.71. The molecule has 0 bridgehead atoms. The third-order valence-electron chi connectivity index (χ3n) is 2.28. The molecule has 0 saturated carbocycles. The fraction of sp³-hybridized carbons (Fsp3) is 0.556. The standard InChI is InChI=1S/C9H13NO2/c1-11-9-7(4-6-12-9)8-3-2-5-10-8/h4,6,8,10H,2-3,5H2,1H3. The third-order valence-corrected chi connectivity index (χ3v) is 2.28. The predicted molar refractivity (Wildman–Crippen MR) is 45.2 cm³/mol. The van der Waals surface area contributed by atoms with Crippen molar-refractivity contribution in [3.63, 3.8) is 0 Å². The van der Waals surface area contributed by atoms with Gasteiger partial charge in [0.1, 0.15) is 0 Å². The van der Waals surface area contributed by atoms with Crippen molar-refractivity contribution in [3.8, 4) is 5.95 Å². The molecule has 0 aromatic carbocycles. The molecule has 1 aromatic rings. The minimum atomic E-state index is 0.429. The van der Waals surface area contributed by atoms with Crippen LogP contribution in [0.3, 0.4) is 0 Å². The molecular formula is C9H13NO2. The van der Waals surface area contributed by atoms with E-state index in [1.54, 1.807) is 13.4 Å². The zero-order valence-corrected chi connectivity index (χ0v) is 7.17. The molecule has 3 heteroatoms.